The smallest absolute Gasteiger partial charge is 0.269 e. The summed E-state index contributed by atoms with van der Waals surface area (Å²) in [6, 6.07) is 39.2. The van der Waals surface area contributed by atoms with Crippen molar-refractivity contribution < 1.29 is 24.1 Å². The second-order valence-corrected chi connectivity index (χ2v) is 13.6. The molecule has 8 rings (SSSR count). The molecule has 278 valence electrons. The molecule has 0 spiro atoms. The van der Waals surface area contributed by atoms with E-state index in [4.69, 9.17) is 36.1 Å². The Labute approximate surface area is 324 Å². The Morgan fingerprint density at radius 1 is 0.855 bits per heavy atom. The Hall–Kier alpha value is -5.76. The molecule has 12 heteroatoms. The minimum absolute atomic E-state index is 0.102. The van der Waals surface area contributed by atoms with Crippen LogP contribution in [-0.2, 0) is 33.1 Å². The van der Waals surface area contributed by atoms with Gasteiger partial charge in [-0.1, -0.05) is 121 Å². The van der Waals surface area contributed by atoms with Crippen LogP contribution in [0.1, 0.15) is 33.9 Å². The predicted octanol–water partition coefficient (Wildman–Crippen LogP) is 6.41. The van der Waals surface area contributed by atoms with Crippen LogP contribution in [0.15, 0.2) is 153 Å². The third-order valence-electron chi connectivity index (χ3n) is 9.96. The third kappa shape index (κ3) is 7.25. The number of methoxy groups -OCH3 is 1. The SMILES string of the molecule is COc1ncnc2c([C@@H]3N[C@H](COC(c4ccccc4)(c4ccccc4)c4ccccc4)[C@@H](O)[C@H]3OC(=S)n3ccnc3)cn(COCc3ccccc3)c12. The number of aliphatic hydroxyl groups is 1. The number of hydrogen-bond donors (Lipinski definition) is 2. The summed E-state index contributed by atoms with van der Waals surface area (Å²) in [4.78, 5) is 13.3. The van der Waals surface area contributed by atoms with Crippen molar-refractivity contribution in [1.82, 2.24) is 29.4 Å². The van der Waals surface area contributed by atoms with Crippen molar-refractivity contribution in [1.29, 1.82) is 0 Å². The molecule has 1 saturated heterocycles. The highest BCUT2D eigenvalue weighted by Gasteiger charge is 2.48. The Balaban J connectivity index is 1.17. The average Bonchev–Trinajstić information content (AvgIpc) is 3.99. The van der Waals surface area contributed by atoms with E-state index >= 15 is 0 Å². The van der Waals surface area contributed by atoms with Gasteiger partial charge < -0.3 is 28.6 Å². The monoisotopic (exact) mass is 752 g/mol. The van der Waals surface area contributed by atoms with Gasteiger partial charge in [-0.2, -0.15) is 4.98 Å². The zero-order valence-corrected chi connectivity index (χ0v) is 30.9. The van der Waals surface area contributed by atoms with Crippen LogP contribution in [0.3, 0.4) is 0 Å². The van der Waals surface area contributed by atoms with Crippen molar-refractivity contribution in [3.63, 3.8) is 0 Å². The Bertz CT molecular complexity index is 2210. The first-order valence-electron chi connectivity index (χ1n) is 18.0. The van der Waals surface area contributed by atoms with Crippen molar-refractivity contribution in [3.8, 4) is 5.88 Å². The molecule has 0 saturated carbocycles. The molecule has 2 N–H and O–H groups in total. The first-order chi connectivity index (χ1) is 27.1. The fourth-order valence-corrected chi connectivity index (χ4v) is 7.59. The number of fused-ring (bicyclic) bond motifs is 1. The van der Waals surface area contributed by atoms with Gasteiger partial charge in [0.05, 0.1) is 32.4 Å². The summed E-state index contributed by atoms with van der Waals surface area (Å²) in [5.74, 6) is 0.391. The number of nitrogens with zero attached hydrogens (tertiary/aromatic N) is 5. The van der Waals surface area contributed by atoms with E-state index in [9.17, 15) is 5.11 Å². The lowest BCUT2D eigenvalue weighted by atomic mass is 9.80. The standard InChI is InChI=1S/C43H40N6O5S/c1-51-41-38-36(45-27-46-41)34(24-49(38)29-52-25-30-14-6-2-7-15-30)37-40(54-42(55)48-23-22-44-28-48)39(50)35(47-37)26-53-43(31-16-8-3-9-17-31,32-18-10-4-11-19-32)33-20-12-5-13-21-33/h2-24,27-28,35,37,39-40,47,50H,25-26,29H2,1H3/t35-,37+,39-,40+/m1/s1. The molecule has 3 aromatic heterocycles. The summed E-state index contributed by atoms with van der Waals surface area (Å²) < 4.78 is 29.1. The van der Waals surface area contributed by atoms with Crippen LogP contribution in [0.2, 0.25) is 0 Å². The van der Waals surface area contributed by atoms with E-state index in [0.29, 0.717) is 23.5 Å². The normalized spacial score (nSPS) is 18.4. The molecule has 1 fully saturated rings. The van der Waals surface area contributed by atoms with Gasteiger partial charge in [0.25, 0.3) is 5.17 Å². The minimum atomic E-state index is -1.07. The van der Waals surface area contributed by atoms with Crippen LogP contribution in [0, 0.1) is 0 Å². The number of imidazole rings is 1. The van der Waals surface area contributed by atoms with Crippen molar-refractivity contribution >= 4 is 28.4 Å². The second-order valence-electron chi connectivity index (χ2n) is 13.2. The van der Waals surface area contributed by atoms with Gasteiger partial charge in [0.1, 0.15) is 48.2 Å². The van der Waals surface area contributed by atoms with Crippen LogP contribution in [0.4, 0.5) is 0 Å². The maximum absolute atomic E-state index is 12.2. The maximum Gasteiger partial charge on any atom is 0.269 e. The number of ether oxygens (including phenoxy) is 4. The van der Waals surface area contributed by atoms with Crippen LogP contribution in [0.25, 0.3) is 11.0 Å². The van der Waals surface area contributed by atoms with Gasteiger partial charge in [0.15, 0.2) is 0 Å². The van der Waals surface area contributed by atoms with Gasteiger partial charge in [-0.25, -0.2) is 9.97 Å². The number of aliphatic hydroxyl groups excluding tert-OH is 1. The number of thiocarbonyl (C=S) groups is 1. The lowest BCUT2D eigenvalue weighted by Gasteiger charge is -2.37. The summed E-state index contributed by atoms with van der Waals surface area (Å²) in [6.07, 6.45) is 6.38. The van der Waals surface area contributed by atoms with Gasteiger partial charge in [0, 0.05) is 24.2 Å². The van der Waals surface area contributed by atoms with E-state index in [2.05, 4.69) is 51.7 Å². The molecular weight excluding hydrogens is 713 g/mol. The predicted molar refractivity (Wildman–Crippen MR) is 211 cm³/mol. The number of nitrogens with one attached hydrogen (secondary N) is 1. The van der Waals surface area contributed by atoms with Crippen molar-refractivity contribution in [2.45, 2.75) is 43.2 Å². The molecule has 0 amide bonds. The number of rotatable bonds is 13. The summed E-state index contributed by atoms with van der Waals surface area (Å²) in [6.45, 7) is 0.706. The van der Waals surface area contributed by atoms with E-state index in [1.165, 1.54) is 6.33 Å². The summed E-state index contributed by atoms with van der Waals surface area (Å²) in [5, 5.41) is 16.1. The molecule has 0 radical (unpaired) electrons. The molecule has 4 heterocycles. The molecule has 0 aliphatic carbocycles. The molecular formula is C43H40N6O5S. The molecule has 4 aromatic carbocycles. The first-order valence-corrected chi connectivity index (χ1v) is 18.4. The van der Waals surface area contributed by atoms with E-state index in [1.54, 1.807) is 30.4 Å². The number of benzene rings is 4. The van der Waals surface area contributed by atoms with E-state index in [0.717, 1.165) is 27.8 Å². The van der Waals surface area contributed by atoms with E-state index < -0.39 is 29.9 Å². The van der Waals surface area contributed by atoms with Gasteiger partial charge >= 0.3 is 0 Å². The topological polar surface area (TPSA) is 118 Å². The average molecular weight is 753 g/mol. The van der Waals surface area contributed by atoms with E-state index in [-0.39, 0.29) is 18.5 Å². The lowest BCUT2D eigenvalue weighted by Crippen LogP contribution is -2.43. The van der Waals surface area contributed by atoms with Crippen molar-refractivity contribution in [3.05, 3.63) is 180 Å². The second kappa shape index (κ2) is 16.3. The zero-order chi connectivity index (χ0) is 37.6. The number of hydrogen-bond acceptors (Lipinski definition) is 10. The van der Waals surface area contributed by atoms with Crippen LogP contribution in [-0.4, -0.2) is 66.3 Å². The van der Waals surface area contributed by atoms with Gasteiger partial charge in [-0.3, -0.25) is 9.88 Å². The molecule has 4 atom stereocenters. The zero-order valence-electron chi connectivity index (χ0n) is 30.1. The summed E-state index contributed by atoms with van der Waals surface area (Å²) >= 11 is 5.73. The molecule has 7 aromatic rings. The molecule has 11 nitrogen and oxygen atoms in total. The Morgan fingerprint density at radius 3 is 2.05 bits per heavy atom. The third-order valence-corrected chi connectivity index (χ3v) is 10.3. The van der Waals surface area contributed by atoms with E-state index in [1.807, 2.05) is 95.7 Å². The molecule has 1 aliphatic rings. The lowest BCUT2D eigenvalue weighted by molar-refractivity contribution is -0.0282. The Kier molecular flexibility index (Phi) is 10.7. The van der Waals surface area contributed by atoms with Gasteiger partial charge in [-0.05, 0) is 34.5 Å². The molecule has 0 bridgehead atoms. The molecule has 55 heavy (non-hydrogen) atoms. The molecule has 1 aliphatic heterocycles. The number of aromatic nitrogens is 5. The summed E-state index contributed by atoms with van der Waals surface area (Å²) in [5.41, 5.74) is 4.92. The highest BCUT2D eigenvalue weighted by molar-refractivity contribution is 7.80. The highest BCUT2D eigenvalue weighted by Crippen LogP contribution is 2.42. The molecule has 0 unspecified atom stereocenters. The minimum Gasteiger partial charge on any atom is -0.479 e. The first kappa shape index (κ1) is 36.2. The highest BCUT2D eigenvalue weighted by atomic mass is 32.1. The summed E-state index contributed by atoms with van der Waals surface area (Å²) in [7, 11) is 1.57. The Morgan fingerprint density at radius 2 is 1.47 bits per heavy atom. The van der Waals surface area contributed by atoms with Crippen molar-refractivity contribution in [2.24, 2.45) is 0 Å². The fraction of sp³-hybridized carbons (Fsp3) is 0.209. The van der Waals surface area contributed by atoms with Crippen LogP contribution < -0.4 is 10.1 Å². The van der Waals surface area contributed by atoms with Crippen molar-refractivity contribution in [2.75, 3.05) is 13.7 Å². The quantitative estimate of drug-likeness (QED) is 0.101. The van der Waals surface area contributed by atoms with Gasteiger partial charge in [-0.15, -0.1) is 0 Å². The fourth-order valence-electron chi connectivity index (χ4n) is 7.37. The van der Waals surface area contributed by atoms with Crippen LogP contribution >= 0.6 is 12.2 Å². The largest absolute Gasteiger partial charge is 0.479 e. The maximum atomic E-state index is 12.2. The van der Waals surface area contributed by atoms with Gasteiger partial charge in [0.2, 0.25) is 5.88 Å². The van der Waals surface area contributed by atoms with Crippen LogP contribution in [0.5, 0.6) is 5.88 Å².